The van der Waals surface area contributed by atoms with Crippen LogP contribution in [0.4, 0.5) is 13.2 Å². The van der Waals surface area contributed by atoms with Gasteiger partial charge in [0.25, 0.3) is 11.5 Å². The molecular weight excluding hydrogens is 567 g/mol. The van der Waals surface area contributed by atoms with Gasteiger partial charge in [0.1, 0.15) is 5.82 Å². The third-order valence-corrected chi connectivity index (χ3v) is 8.40. The first kappa shape index (κ1) is 28.2. The van der Waals surface area contributed by atoms with Crippen molar-refractivity contribution in [2.45, 2.75) is 49.9 Å². The van der Waals surface area contributed by atoms with Gasteiger partial charge in [0, 0.05) is 11.6 Å². The number of aromatic nitrogens is 2. The molecule has 0 spiro atoms. The number of aliphatic hydroxyl groups is 1. The molecule has 6 rings (SSSR count). The number of benzene rings is 3. The molecule has 4 aromatic rings. The highest BCUT2D eigenvalue weighted by Gasteiger charge is 2.49. The Kier molecular flexibility index (Phi) is 7.19. The molecule has 0 saturated heterocycles. The van der Waals surface area contributed by atoms with E-state index in [-0.39, 0.29) is 12.1 Å². The lowest BCUT2D eigenvalue weighted by molar-refractivity contribution is -0.141. The zero-order chi connectivity index (χ0) is 29.6. The second-order valence-electron chi connectivity index (χ2n) is 10.9. The minimum Gasteiger partial charge on any atom is -0.378 e. The Balaban J connectivity index is 1.27. The molecule has 1 fully saturated rings. The summed E-state index contributed by atoms with van der Waals surface area (Å²) in [6.45, 7) is 0.396. The van der Waals surface area contributed by atoms with Crippen LogP contribution in [0.3, 0.4) is 0 Å². The molecule has 0 radical (unpaired) electrons. The van der Waals surface area contributed by atoms with Gasteiger partial charge in [-0.15, -0.1) is 0 Å². The lowest BCUT2D eigenvalue weighted by atomic mass is 9.91. The van der Waals surface area contributed by atoms with Crippen LogP contribution in [0.15, 0.2) is 77.6 Å². The van der Waals surface area contributed by atoms with Gasteiger partial charge in [0.05, 0.1) is 28.8 Å². The van der Waals surface area contributed by atoms with Gasteiger partial charge in [-0.1, -0.05) is 60.1 Å². The van der Waals surface area contributed by atoms with E-state index in [9.17, 15) is 27.9 Å². The highest BCUT2D eigenvalue weighted by atomic mass is 35.5. The van der Waals surface area contributed by atoms with Crippen molar-refractivity contribution in [1.82, 2.24) is 14.9 Å². The van der Waals surface area contributed by atoms with Crippen molar-refractivity contribution < 1.29 is 23.1 Å². The Hall–Kier alpha value is -3.95. The zero-order valence-electron chi connectivity index (χ0n) is 22.4. The summed E-state index contributed by atoms with van der Waals surface area (Å²) in [5.41, 5.74) is 2.26. The number of carbonyl (C=O) groups is 1. The molecule has 42 heavy (non-hydrogen) atoms. The van der Waals surface area contributed by atoms with Crippen LogP contribution in [-0.4, -0.2) is 32.4 Å². The van der Waals surface area contributed by atoms with Crippen LogP contribution < -0.4 is 5.56 Å². The number of hydrogen-bond donors (Lipinski definition) is 2. The summed E-state index contributed by atoms with van der Waals surface area (Å²) < 4.78 is 39.1. The van der Waals surface area contributed by atoms with Crippen LogP contribution in [0.5, 0.6) is 0 Å². The van der Waals surface area contributed by atoms with E-state index in [2.05, 4.69) is 4.98 Å². The summed E-state index contributed by atoms with van der Waals surface area (Å²) in [6.07, 6.45) is -3.19. The van der Waals surface area contributed by atoms with E-state index in [1.165, 1.54) is 23.1 Å². The van der Waals surface area contributed by atoms with E-state index >= 15 is 0 Å². The Bertz CT molecular complexity index is 1710. The molecule has 1 aromatic heterocycles. The molecule has 2 heterocycles. The number of halogens is 4. The predicted molar refractivity (Wildman–Crippen MR) is 152 cm³/mol. The summed E-state index contributed by atoms with van der Waals surface area (Å²) in [4.78, 5) is 35.9. The molecule has 216 valence electrons. The first-order chi connectivity index (χ1) is 20.0. The zero-order valence-corrected chi connectivity index (χ0v) is 23.2. The molecule has 0 bridgehead atoms. The van der Waals surface area contributed by atoms with Gasteiger partial charge in [0.2, 0.25) is 0 Å². The quantitative estimate of drug-likeness (QED) is 0.289. The molecule has 1 unspecified atom stereocenters. The predicted octanol–water partition coefficient (Wildman–Crippen LogP) is 6.20. The number of nitrogens with zero attached hydrogens (tertiary/aromatic N) is 2. The molecular formula is C32H27ClF3N3O3. The van der Waals surface area contributed by atoms with Crippen molar-refractivity contribution in [3.05, 3.63) is 122 Å². The number of amides is 1. The number of rotatable bonds is 5. The fraction of sp³-hybridized carbons (Fsp3) is 0.281. The van der Waals surface area contributed by atoms with E-state index in [1.807, 2.05) is 24.3 Å². The minimum atomic E-state index is -4.40. The summed E-state index contributed by atoms with van der Waals surface area (Å²) in [5.74, 6) is 0.0434. The number of hydrogen-bond acceptors (Lipinski definition) is 4. The summed E-state index contributed by atoms with van der Waals surface area (Å²) in [6, 6.07) is 19.1. The van der Waals surface area contributed by atoms with Gasteiger partial charge in [-0.2, -0.15) is 13.2 Å². The first-order valence-electron chi connectivity index (χ1n) is 13.7. The molecule has 1 amide bonds. The number of aliphatic hydroxyl groups excluding tert-OH is 1. The molecule has 1 atom stereocenters. The van der Waals surface area contributed by atoms with Gasteiger partial charge >= 0.3 is 6.18 Å². The Labute approximate surface area is 244 Å². The van der Waals surface area contributed by atoms with Crippen molar-refractivity contribution in [3.63, 3.8) is 0 Å². The summed E-state index contributed by atoms with van der Waals surface area (Å²) in [5, 5.41) is 11.1. The van der Waals surface area contributed by atoms with E-state index in [4.69, 9.17) is 16.6 Å². The van der Waals surface area contributed by atoms with E-state index in [1.54, 1.807) is 18.2 Å². The highest BCUT2D eigenvalue weighted by Crippen LogP contribution is 2.52. The number of carbonyl (C=O) groups excluding carboxylic acids is 1. The van der Waals surface area contributed by atoms with E-state index in [0.717, 1.165) is 36.1 Å². The van der Waals surface area contributed by atoms with E-state index in [0.29, 0.717) is 52.6 Å². The van der Waals surface area contributed by atoms with Gasteiger partial charge < -0.3 is 15.0 Å². The topological polar surface area (TPSA) is 86.3 Å². The monoisotopic (exact) mass is 593 g/mol. The van der Waals surface area contributed by atoms with Gasteiger partial charge in [-0.25, -0.2) is 4.98 Å². The molecule has 2 N–H and O–H groups in total. The minimum absolute atomic E-state index is 0.0326. The highest BCUT2D eigenvalue weighted by molar-refractivity contribution is 6.30. The maximum atomic E-state index is 13.4. The fourth-order valence-corrected chi connectivity index (χ4v) is 5.86. The van der Waals surface area contributed by atoms with Crippen molar-refractivity contribution >= 4 is 17.5 Å². The second-order valence-corrected chi connectivity index (χ2v) is 11.3. The van der Waals surface area contributed by atoms with Crippen LogP contribution in [-0.2, 0) is 29.4 Å². The second kappa shape index (κ2) is 10.7. The number of alkyl halides is 3. The van der Waals surface area contributed by atoms with Crippen molar-refractivity contribution in [2.24, 2.45) is 0 Å². The molecule has 1 saturated carbocycles. The average molecular weight is 594 g/mol. The van der Waals surface area contributed by atoms with E-state index < -0.39 is 29.2 Å². The lowest BCUT2D eigenvalue weighted by Crippen LogP contribution is -2.36. The number of aromatic amines is 1. The van der Waals surface area contributed by atoms with Crippen LogP contribution in [0.1, 0.15) is 59.1 Å². The van der Waals surface area contributed by atoms with Gasteiger partial charge in [-0.05, 0) is 72.2 Å². The Morgan fingerprint density at radius 3 is 2.45 bits per heavy atom. The number of H-pyrrole nitrogens is 1. The van der Waals surface area contributed by atoms with Crippen LogP contribution in [0.2, 0.25) is 5.02 Å². The summed E-state index contributed by atoms with van der Waals surface area (Å²) >= 11 is 6.03. The summed E-state index contributed by atoms with van der Waals surface area (Å²) in [7, 11) is 0. The average Bonchev–Trinajstić information content (AvgIpc) is 3.81. The van der Waals surface area contributed by atoms with Crippen molar-refractivity contribution in [3.8, 4) is 11.1 Å². The van der Waals surface area contributed by atoms with Crippen molar-refractivity contribution in [2.75, 3.05) is 6.54 Å². The normalized spacial score (nSPS) is 16.8. The smallest absolute Gasteiger partial charge is 0.378 e. The molecule has 6 nitrogen and oxygen atoms in total. The molecule has 10 heteroatoms. The van der Waals surface area contributed by atoms with Gasteiger partial charge in [0.15, 0.2) is 6.10 Å². The van der Waals surface area contributed by atoms with Crippen LogP contribution in [0.25, 0.3) is 11.1 Å². The maximum Gasteiger partial charge on any atom is 0.416 e. The fourth-order valence-electron chi connectivity index (χ4n) is 5.66. The third-order valence-electron chi connectivity index (χ3n) is 8.17. The van der Waals surface area contributed by atoms with Crippen LogP contribution in [0, 0.1) is 0 Å². The molecule has 2 aliphatic rings. The lowest BCUT2D eigenvalue weighted by Gasteiger charge is -2.24. The SMILES string of the molecule is O=C(C(O)c1cccc(Cl)c1)N1CCCc2nc(C3(c4cccc(-c5ccc(C(F)(F)F)cc5)c4)CC3)[nH]c(=O)c2C1. The Morgan fingerprint density at radius 2 is 1.76 bits per heavy atom. The van der Waals surface area contributed by atoms with Gasteiger partial charge in [-0.3, -0.25) is 9.59 Å². The number of aryl methyl sites for hydroxylation is 1. The largest absolute Gasteiger partial charge is 0.416 e. The third kappa shape index (κ3) is 5.34. The number of fused-ring (bicyclic) bond motifs is 1. The standard InChI is InChI=1S/C32H27ClF3N3O3/c33-24-7-2-5-21(17-24)27(40)29(42)39-15-3-8-26-25(18-39)28(41)38-30(37-26)31(13-14-31)23-6-1-4-20(16-23)19-9-11-22(12-10-19)32(34,35)36/h1-2,4-7,9-12,16-17,27,40H,3,8,13-15,18H2,(H,37,38,41). The first-order valence-corrected chi connectivity index (χ1v) is 14.1. The molecule has 1 aliphatic carbocycles. The number of nitrogens with one attached hydrogen (secondary N) is 1. The molecule has 3 aromatic carbocycles. The molecule has 1 aliphatic heterocycles. The Morgan fingerprint density at radius 1 is 1.02 bits per heavy atom. The van der Waals surface area contributed by atoms with Crippen LogP contribution >= 0.6 is 11.6 Å². The maximum absolute atomic E-state index is 13.4. The van der Waals surface area contributed by atoms with Crippen molar-refractivity contribution in [1.29, 1.82) is 0 Å².